The van der Waals surface area contributed by atoms with Crippen molar-refractivity contribution >= 4 is 0 Å². The van der Waals surface area contributed by atoms with Crippen molar-refractivity contribution < 1.29 is 14.6 Å². The van der Waals surface area contributed by atoms with Crippen molar-refractivity contribution in [1.29, 1.82) is 0 Å². The first-order valence-electron chi connectivity index (χ1n) is 7.87. The van der Waals surface area contributed by atoms with Gasteiger partial charge in [-0.05, 0) is 37.0 Å². The van der Waals surface area contributed by atoms with Gasteiger partial charge in [-0.15, -0.1) is 0 Å². The van der Waals surface area contributed by atoms with Crippen molar-refractivity contribution in [2.24, 2.45) is 17.8 Å². The maximum atomic E-state index is 10.00. The van der Waals surface area contributed by atoms with E-state index >= 15 is 0 Å². The SMILES string of the molecule is O[C@H](COC[C@H]1C[C@H]2CC[C@H]1C2)CN1CCOCC1. The smallest absolute Gasteiger partial charge is 0.0900 e. The van der Waals surface area contributed by atoms with E-state index in [2.05, 4.69) is 4.90 Å². The summed E-state index contributed by atoms with van der Waals surface area (Å²) in [5.41, 5.74) is 0. The molecule has 2 aliphatic carbocycles. The lowest BCUT2D eigenvalue weighted by Crippen LogP contribution is -2.42. The molecule has 0 radical (unpaired) electrons. The second-order valence-corrected chi connectivity index (χ2v) is 6.54. The molecule has 4 atom stereocenters. The third-order valence-corrected chi connectivity index (χ3v) is 5.10. The van der Waals surface area contributed by atoms with E-state index < -0.39 is 0 Å². The number of morpholine rings is 1. The number of rotatable bonds is 6. The predicted octanol–water partition coefficient (Wildman–Crippen LogP) is 1.13. The topological polar surface area (TPSA) is 41.9 Å². The van der Waals surface area contributed by atoms with Crippen LogP contribution in [0.15, 0.2) is 0 Å². The summed E-state index contributed by atoms with van der Waals surface area (Å²) < 4.78 is 11.1. The molecule has 3 rings (SSSR count). The van der Waals surface area contributed by atoms with Gasteiger partial charge in [0.15, 0.2) is 0 Å². The molecule has 1 saturated heterocycles. The van der Waals surface area contributed by atoms with Crippen LogP contribution in [0, 0.1) is 17.8 Å². The number of hydrogen-bond donors (Lipinski definition) is 1. The average molecular weight is 269 g/mol. The predicted molar refractivity (Wildman–Crippen MR) is 73.0 cm³/mol. The normalized spacial score (nSPS) is 36.8. The molecule has 0 aromatic carbocycles. The Morgan fingerprint density at radius 2 is 2.05 bits per heavy atom. The molecule has 1 aliphatic heterocycles. The molecule has 0 amide bonds. The largest absolute Gasteiger partial charge is 0.389 e. The minimum absolute atomic E-state index is 0.350. The Hall–Kier alpha value is -0.160. The Balaban J connectivity index is 1.29. The highest BCUT2D eigenvalue weighted by Gasteiger charge is 2.39. The first-order chi connectivity index (χ1) is 9.31. The van der Waals surface area contributed by atoms with Gasteiger partial charge < -0.3 is 14.6 Å². The molecule has 0 spiro atoms. The Morgan fingerprint density at radius 1 is 1.21 bits per heavy atom. The zero-order valence-electron chi connectivity index (χ0n) is 11.8. The van der Waals surface area contributed by atoms with E-state index in [9.17, 15) is 5.11 Å². The first kappa shape index (κ1) is 13.8. The Labute approximate surface area is 116 Å². The fraction of sp³-hybridized carbons (Fsp3) is 1.00. The van der Waals surface area contributed by atoms with Crippen molar-refractivity contribution in [1.82, 2.24) is 4.90 Å². The summed E-state index contributed by atoms with van der Waals surface area (Å²) in [4.78, 5) is 2.26. The van der Waals surface area contributed by atoms with Crippen LogP contribution in [0.2, 0.25) is 0 Å². The first-order valence-corrected chi connectivity index (χ1v) is 7.87. The highest BCUT2D eigenvalue weighted by molar-refractivity contribution is 4.89. The van der Waals surface area contributed by atoms with E-state index in [0.717, 1.165) is 57.2 Å². The highest BCUT2D eigenvalue weighted by atomic mass is 16.5. The molecule has 1 N–H and O–H groups in total. The molecule has 0 aromatic rings. The summed E-state index contributed by atoms with van der Waals surface area (Å²) in [5.74, 6) is 2.67. The van der Waals surface area contributed by atoms with Crippen LogP contribution in [0.3, 0.4) is 0 Å². The lowest BCUT2D eigenvalue weighted by molar-refractivity contribution is -0.0232. The van der Waals surface area contributed by atoms with Crippen molar-refractivity contribution in [3.63, 3.8) is 0 Å². The summed E-state index contributed by atoms with van der Waals surface area (Å²) in [6, 6.07) is 0. The van der Waals surface area contributed by atoms with Gasteiger partial charge in [0.25, 0.3) is 0 Å². The number of nitrogens with zero attached hydrogens (tertiary/aromatic N) is 1. The molecular weight excluding hydrogens is 242 g/mol. The molecule has 3 aliphatic rings. The zero-order chi connectivity index (χ0) is 13.1. The molecular formula is C15H27NO3. The molecule has 19 heavy (non-hydrogen) atoms. The third kappa shape index (κ3) is 3.69. The van der Waals surface area contributed by atoms with Crippen molar-refractivity contribution in [3.8, 4) is 0 Å². The molecule has 0 unspecified atom stereocenters. The quantitative estimate of drug-likeness (QED) is 0.785. The maximum Gasteiger partial charge on any atom is 0.0900 e. The number of aliphatic hydroxyl groups is 1. The van der Waals surface area contributed by atoms with Crippen LogP contribution in [0.25, 0.3) is 0 Å². The fourth-order valence-electron chi connectivity index (χ4n) is 4.07. The minimum atomic E-state index is -0.350. The minimum Gasteiger partial charge on any atom is -0.389 e. The van der Waals surface area contributed by atoms with Gasteiger partial charge in [0, 0.05) is 26.2 Å². The molecule has 4 heteroatoms. The van der Waals surface area contributed by atoms with Crippen LogP contribution in [0.4, 0.5) is 0 Å². The maximum absolute atomic E-state index is 10.00. The molecule has 1 heterocycles. The van der Waals surface area contributed by atoms with Gasteiger partial charge in [0.2, 0.25) is 0 Å². The third-order valence-electron chi connectivity index (χ3n) is 5.10. The Morgan fingerprint density at radius 3 is 2.74 bits per heavy atom. The highest BCUT2D eigenvalue weighted by Crippen LogP contribution is 2.48. The van der Waals surface area contributed by atoms with Crippen molar-refractivity contribution in [2.75, 3.05) is 46.1 Å². The monoisotopic (exact) mass is 269 g/mol. The van der Waals surface area contributed by atoms with Gasteiger partial charge >= 0.3 is 0 Å². The molecule has 110 valence electrons. The summed E-state index contributed by atoms with van der Waals surface area (Å²) >= 11 is 0. The average Bonchev–Trinajstić information content (AvgIpc) is 3.02. The van der Waals surface area contributed by atoms with Gasteiger partial charge in [-0.3, -0.25) is 4.90 Å². The van der Waals surface area contributed by atoms with E-state index in [1.54, 1.807) is 0 Å². The Bertz CT molecular complexity index is 281. The van der Waals surface area contributed by atoms with Gasteiger partial charge in [-0.25, -0.2) is 0 Å². The number of β-amino-alcohol motifs (C(OH)–C–C–N with tert-alkyl or cyclic N) is 1. The molecule has 2 bridgehead atoms. The zero-order valence-corrected chi connectivity index (χ0v) is 11.8. The lowest BCUT2D eigenvalue weighted by atomic mass is 9.90. The standard InChI is InChI=1S/C15H27NO3/c17-15(9-16-3-5-18-6-4-16)11-19-10-14-8-12-1-2-13(14)7-12/h12-15,17H,1-11H2/t12-,13-,14+,15-/m0/s1. The number of hydrogen-bond acceptors (Lipinski definition) is 4. The molecule has 2 saturated carbocycles. The molecule has 4 nitrogen and oxygen atoms in total. The second kappa shape index (κ2) is 6.53. The van der Waals surface area contributed by atoms with Crippen molar-refractivity contribution in [3.05, 3.63) is 0 Å². The number of fused-ring (bicyclic) bond motifs is 2. The summed E-state index contributed by atoms with van der Waals surface area (Å²) in [6.07, 6.45) is 5.31. The van der Waals surface area contributed by atoms with Gasteiger partial charge in [-0.1, -0.05) is 6.42 Å². The molecule has 0 aromatic heterocycles. The molecule has 3 fully saturated rings. The van der Waals surface area contributed by atoms with Crippen LogP contribution in [0.5, 0.6) is 0 Å². The van der Waals surface area contributed by atoms with Crippen LogP contribution in [0.1, 0.15) is 25.7 Å². The van der Waals surface area contributed by atoms with Crippen LogP contribution < -0.4 is 0 Å². The summed E-state index contributed by atoms with van der Waals surface area (Å²) in [7, 11) is 0. The Kier molecular flexibility index (Phi) is 4.74. The van der Waals surface area contributed by atoms with Crippen molar-refractivity contribution in [2.45, 2.75) is 31.8 Å². The summed E-state index contributed by atoms with van der Waals surface area (Å²) in [5, 5.41) is 10.00. The van der Waals surface area contributed by atoms with E-state index in [-0.39, 0.29) is 6.10 Å². The van der Waals surface area contributed by atoms with Gasteiger partial charge in [-0.2, -0.15) is 0 Å². The van der Waals surface area contributed by atoms with E-state index in [1.165, 1.54) is 25.7 Å². The van der Waals surface area contributed by atoms with E-state index in [4.69, 9.17) is 9.47 Å². The summed E-state index contributed by atoms with van der Waals surface area (Å²) in [6.45, 7) is 5.52. The fourth-order valence-corrected chi connectivity index (χ4v) is 4.07. The number of aliphatic hydroxyl groups excluding tert-OH is 1. The van der Waals surface area contributed by atoms with Crippen LogP contribution in [-0.4, -0.2) is 62.2 Å². The number of ether oxygens (including phenoxy) is 2. The van der Waals surface area contributed by atoms with Gasteiger partial charge in [0.1, 0.15) is 0 Å². The lowest BCUT2D eigenvalue weighted by Gasteiger charge is -2.28. The second-order valence-electron chi connectivity index (χ2n) is 6.54. The van der Waals surface area contributed by atoms with Crippen LogP contribution in [-0.2, 0) is 9.47 Å². The van der Waals surface area contributed by atoms with Gasteiger partial charge in [0.05, 0.1) is 25.9 Å². The van der Waals surface area contributed by atoms with Crippen LogP contribution >= 0.6 is 0 Å². The van der Waals surface area contributed by atoms with E-state index in [0.29, 0.717) is 6.61 Å². The van der Waals surface area contributed by atoms with E-state index in [1.807, 2.05) is 0 Å².